The first kappa shape index (κ1) is 13.2. The van der Waals surface area contributed by atoms with Crippen LogP contribution in [0.25, 0.3) is 0 Å². The number of nitrogens with two attached hydrogens (primary N) is 1. The van der Waals surface area contributed by atoms with E-state index in [0.29, 0.717) is 5.82 Å². The number of aromatic nitrogens is 3. The lowest BCUT2D eigenvalue weighted by atomic mass is 10.2. The number of nitrogen functional groups attached to an aromatic ring is 1. The minimum atomic E-state index is 0.670. The van der Waals surface area contributed by atoms with Crippen LogP contribution < -0.4 is 16.6 Å². The van der Waals surface area contributed by atoms with Crippen molar-refractivity contribution in [1.82, 2.24) is 15.0 Å². The third-order valence-corrected chi connectivity index (χ3v) is 2.89. The summed E-state index contributed by atoms with van der Waals surface area (Å²) in [5.74, 6) is 6.94. The first-order valence-corrected chi connectivity index (χ1v) is 6.28. The Morgan fingerprint density at radius 1 is 1.16 bits per heavy atom. The summed E-state index contributed by atoms with van der Waals surface area (Å²) >= 11 is 0. The Morgan fingerprint density at radius 2 is 1.89 bits per heavy atom. The van der Waals surface area contributed by atoms with Gasteiger partial charge in [-0.25, -0.2) is 15.8 Å². The van der Waals surface area contributed by atoms with E-state index in [1.807, 2.05) is 19.1 Å². The molecule has 100 valence electrons. The number of pyridine rings is 1. The number of rotatable bonds is 6. The molecule has 0 bridgehead atoms. The molecule has 0 unspecified atom stereocenters. The monoisotopic (exact) mass is 258 g/mol. The molecule has 0 fully saturated rings. The minimum absolute atomic E-state index is 0.670. The number of nitrogens with one attached hydrogen (secondary N) is 2. The molecule has 2 aromatic heterocycles. The highest BCUT2D eigenvalue weighted by Crippen LogP contribution is 2.19. The molecule has 0 amide bonds. The fraction of sp³-hybridized carbons (Fsp3) is 0.308. The summed E-state index contributed by atoms with van der Waals surface area (Å²) in [6, 6.07) is 4.02. The topological polar surface area (TPSA) is 88.8 Å². The van der Waals surface area contributed by atoms with Gasteiger partial charge in [0.25, 0.3) is 0 Å². The van der Waals surface area contributed by atoms with Crippen LogP contribution in [0.2, 0.25) is 0 Å². The summed E-state index contributed by atoms with van der Waals surface area (Å²) < 4.78 is 0. The summed E-state index contributed by atoms with van der Waals surface area (Å²) in [7, 11) is 0. The van der Waals surface area contributed by atoms with Gasteiger partial charge in [0.05, 0.1) is 0 Å². The number of hydrogen-bond donors (Lipinski definition) is 3. The minimum Gasteiger partial charge on any atom is -0.369 e. The Morgan fingerprint density at radius 3 is 2.58 bits per heavy atom. The quantitative estimate of drug-likeness (QED) is 0.536. The molecule has 0 aliphatic heterocycles. The lowest BCUT2D eigenvalue weighted by Crippen LogP contribution is -2.15. The van der Waals surface area contributed by atoms with Crippen LogP contribution in [0.5, 0.6) is 0 Å². The molecular formula is C13H18N6. The predicted octanol–water partition coefficient (Wildman–Crippen LogP) is 1.37. The van der Waals surface area contributed by atoms with Gasteiger partial charge in [0.2, 0.25) is 0 Å². The Balaban J connectivity index is 2.00. The number of hydrogen-bond acceptors (Lipinski definition) is 6. The fourth-order valence-electron chi connectivity index (χ4n) is 1.90. The summed E-state index contributed by atoms with van der Waals surface area (Å²) in [5, 5.41) is 3.32. The maximum atomic E-state index is 5.44. The van der Waals surface area contributed by atoms with Crippen LogP contribution in [-0.2, 0) is 12.8 Å². The van der Waals surface area contributed by atoms with E-state index in [2.05, 4.69) is 25.7 Å². The number of nitrogens with zero attached hydrogens (tertiary/aromatic N) is 3. The molecule has 6 nitrogen and oxygen atoms in total. The molecule has 2 aromatic rings. The third-order valence-electron chi connectivity index (χ3n) is 2.89. The van der Waals surface area contributed by atoms with Crippen molar-refractivity contribution in [3.63, 3.8) is 0 Å². The van der Waals surface area contributed by atoms with Crippen LogP contribution in [0, 0.1) is 0 Å². The van der Waals surface area contributed by atoms with Crippen molar-refractivity contribution in [3.8, 4) is 0 Å². The van der Waals surface area contributed by atoms with Crippen molar-refractivity contribution in [2.24, 2.45) is 5.84 Å². The van der Waals surface area contributed by atoms with Gasteiger partial charge in [-0.1, -0.05) is 6.92 Å². The molecule has 2 rings (SSSR count). The summed E-state index contributed by atoms with van der Waals surface area (Å²) in [4.78, 5) is 12.4. The van der Waals surface area contributed by atoms with Gasteiger partial charge in [0, 0.05) is 24.5 Å². The lowest BCUT2D eigenvalue weighted by molar-refractivity contribution is 0.968. The molecular weight excluding hydrogens is 240 g/mol. The maximum absolute atomic E-state index is 5.44. The summed E-state index contributed by atoms with van der Waals surface area (Å²) in [6.07, 6.45) is 6.84. The Kier molecular flexibility index (Phi) is 4.63. The van der Waals surface area contributed by atoms with E-state index in [1.165, 1.54) is 11.9 Å². The summed E-state index contributed by atoms with van der Waals surface area (Å²) in [5.41, 5.74) is 4.84. The highest BCUT2D eigenvalue weighted by molar-refractivity contribution is 5.56. The Labute approximate surface area is 112 Å². The number of anilines is 2. The van der Waals surface area contributed by atoms with Gasteiger partial charge < -0.3 is 10.7 Å². The second-order valence-corrected chi connectivity index (χ2v) is 4.08. The van der Waals surface area contributed by atoms with E-state index < -0.39 is 0 Å². The first-order valence-electron chi connectivity index (χ1n) is 6.28. The van der Waals surface area contributed by atoms with Gasteiger partial charge in [0.1, 0.15) is 18.0 Å². The largest absolute Gasteiger partial charge is 0.369 e. The number of hydrazine groups is 1. The first-order chi connectivity index (χ1) is 9.35. The highest BCUT2D eigenvalue weighted by atomic mass is 15.3. The Hall–Kier alpha value is -2.21. The van der Waals surface area contributed by atoms with Gasteiger partial charge in [-0.15, -0.1) is 0 Å². The van der Waals surface area contributed by atoms with Gasteiger partial charge in [-0.05, 0) is 30.5 Å². The van der Waals surface area contributed by atoms with Gasteiger partial charge in [0.15, 0.2) is 0 Å². The van der Waals surface area contributed by atoms with Gasteiger partial charge in [-0.2, -0.15) is 0 Å². The van der Waals surface area contributed by atoms with Crippen molar-refractivity contribution in [1.29, 1.82) is 0 Å². The Bertz CT molecular complexity index is 514. The SMILES string of the molecule is CCc1c(NN)ncnc1NCCc1ccncc1. The van der Waals surface area contributed by atoms with E-state index >= 15 is 0 Å². The van der Waals surface area contributed by atoms with Crippen LogP contribution in [0.3, 0.4) is 0 Å². The fourth-order valence-corrected chi connectivity index (χ4v) is 1.90. The molecule has 0 atom stereocenters. The smallest absolute Gasteiger partial charge is 0.148 e. The van der Waals surface area contributed by atoms with Crippen LogP contribution in [0.4, 0.5) is 11.6 Å². The van der Waals surface area contributed by atoms with E-state index in [4.69, 9.17) is 5.84 Å². The molecule has 0 saturated heterocycles. The molecule has 0 saturated carbocycles. The molecule has 6 heteroatoms. The zero-order valence-electron chi connectivity index (χ0n) is 10.9. The van der Waals surface area contributed by atoms with Crippen LogP contribution in [0.1, 0.15) is 18.1 Å². The molecule has 0 aromatic carbocycles. The molecule has 2 heterocycles. The van der Waals surface area contributed by atoms with Crippen molar-refractivity contribution in [2.45, 2.75) is 19.8 Å². The second kappa shape index (κ2) is 6.65. The normalized spacial score (nSPS) is 10.2. The zero-order chi connectivity index (χ0) is 13.5. The molecule has 0 spiro atoms. The predicted molar refractivity (Wildman–Crippen MR) is 75.7 cm³/mol. The molecule has 0 radical (unpaired) electrons. The molecule has 4 N–H and O–H groups in total. The standard InChI is InChI=1S/C13H18N6/c1-2-11-12(17-9-18-13(11)19-14)16-8-5-10-3-6-15-7-4-10/h3-4,6-7,9H,2,5,8,14H2,1H3,(H2,16,17,18,19). The molecule has 19 heavy (non-hydrogen) atoms. The van der Waals surface area contributed by atoms with Crippen LogP contribution >= 0.6 is 0 Å². The van der Waals surface area contributed by atoms with E-state index in [0.717, 1.165) is 30.8 Å². The van der Waals surface area contributed by atoms with Gasteiger partial charge in [-0.3, -0.25) is 4.98 Å². The van der Waals surface area contributed by atoms with Crippen molar-refractivity contribution < 1.29 is 0 Å². The average Bonchev–Trinajstić information content (AvgIpc) is 2.48. The van der Waals surface area contributed by atoms with E-state index in [-0.39, 0.29) is 0 Å². The van der Waals surface area contributed by atoms with Crippen molar-refractivity contribution in [2.75, 3.05) is 17.3 Å². The van der Waals surface area contributed by atoms with Gasteiger partial charge >= 0.3 is 0 Å². The van der Waals surface area contributed by atoms with Crippen molar-refractivity contribution >= 4 is 11.6 Å². The molecule has 0 aliphatic rings. The van der Waals surface area contributed by atoms with Crippen LogP contribution in [0.15, 0.2) is 30.9 Å². The lowest BCUT2D eigenvalue weighted by Gasteiger charge is -2.12. The van der Waals surface area contributed by atoms with Crippen molar-refractivity contribution in [3.05, 3.63) is 42.0 Å². The van der Waals surface area contributed by atoms with E-state index in [1.54, 1.807) is 12.4 Å². The zero-order valence-corrected chi connectivity index (χ0v) is 10.9. The summed E-state index contributed by atoms with van der Waals surface area (Å²) in [6.45, 7) is 2.85. The third kappa shape index (κ3) is 3.38. The maximum Gasteiger partial charge on any atom is 0.148 e. The molecule has 0 aliphatic carbocycles. The highest BCUT2D eigenvalue weighted by Gasteiger charge is 2.08. The van der Waals surface area contributed by atoms with E-state index in [9.17, 15) is 0 Å². The van der Waals surface area contributed by atoms with Crippen LogP contribution in [-0.4, -0.2) is 21.5 Å². The average molecular weight is 258 g/mol. The second-order valence-electron chi connectivity index (χ2n) is 4.08.